The second-order valence-corrected chi connectivity index (χ2v) is 6.80. The average Bonchev–Trinajstić information content (AvgIpc) is 2.62. The van der Waals surface area contributed by atoms with E-state index in [1.807, 2.05) is 26.8 Å². The van der Waals surface area contributed by atoms with Crippen LogP contribution in [0, 0.1) is 0 Å². The van der Waals surface area contributed by atoms with Gasteiger partial charge in [-0.05, 0) is 45.2 Å². The Labute approximate surface area is 156 Å². The zero-order valence-electron chi connectivity index (χ0n) is 16.8. The van der Waals surface area contributed by atoms with Crippen LogP contribution in [0.1, 0.15) is 43.9 Å². The van der Waals surface area contributed by atoms with Crippen molar-refractivity contribution in [3.63, 3.8) is 0 Å². The number of aliphatic hydroxyl groups excluding tert-OH is 1. The maximum atomic E-state index is 10.6. The number of phenolic OH excluding ortho intramolecular Hbond substituents is 1. The Morgan fingerprint density at radius 2 is 1.88 bits per heavy atom. The lowest BCUT2D eigenvalue weighted by molar-refractivity contribution is 0.0654. The molecule has 26 heavy (non-hydrogen) atoms. The number of rotatable bonds is 10. The molecular weight excluding hydrogens is 332 g/mol. The standard InChI is InChI=1S/C21H32O5/c1-15(8-7-11-21(2,3)26-6)9-10-17-19(25-5)12-16(13-22)18(14-24-4)20(17)23/h7,9,11-12,22-23H,8,10,13-14H2,1-6H3. The van der Waals surface area contributed by atoms with E-state index in [1.54, 1.807) is 27.4 Å². The Morgan fingerprint density at radius 3 is 2.42 bits per heavy atom. The van der Waals surface area contributed by atoms with Crippen LogP contribution in [0.5, 0.6) is 11.5 Å². The fraction of sp³-hybridized carbons (Fsp3) is 0.524. The minimum Gasteiger partial charge on any atom is -0.507 e. The Bertz CT molecular complexity index is 644. The van der Waals surface area contributed by atoms with E-state index in [1.165, 1.54) is 5.57 Å². The number of benzene rings is 1. The second kappa shape index (κ2) is 10.4. The summed E-state index contributed by atoms with van der Waals surface area (Å²) in [4.78, 5) is 0. The summed E-state index contributed by atoms with van der Waals surface area (Å²) in [5.41, 5.74) is 2.79. The molecule has 0 bridgehead atoms. The Hall–Kier alpha value is -1.82. The van der Waals surface area contributed by atoms with Gasteiger partial charge in [-0.15, -0.1) is 0 Å². The highest BCUT2D eigenvalue weighted by Gasteiger charge is 2.17. The fourth-order valence-corrected chi connectivity index (χ4v) is 2.57. The lowest BCUT2D eigenvalue weighted by Crippen LogP contribution is -2.18. The molecule has 0 aliphatic carbocycles. The van der Waals surface area contributed by atoms with Gasteiger partial charge in [0.2, 0.25) is 0 Å². The molecular formula is C21H32O5. The van der Waals surface area contributed by atoms with Crippen molar-refractivity contribution in [3.05, 3.63) is 46.6 Å². The van der Waals surface area contributed by atoms with Gasteiger partial charge < -0.3 is 24.4 Å². The molecule has 1 rings (SSSR count). The van der Waals surface area contributed by atoms with E-state index in [0.29, 0.717) is 28.9 Å². The maximum absolute atomic E-state index is 10.6. The molecule has 1 aromatic rings. The average molecular weight is 364 g/mol. The highest BCUT2D eigenvalue weighted by Crippen LogP contribution is 2.35. The number of aliphatic hydroxyl groups is 1. The fourth-order valence-electron chi connectivity index (χ4n) is 2.57. The first-order valence-electron chi connectivity index (χ1n) is 8.68. The van der Waals surface area contributed by atoms with Crippen LogP contribution in [-0.2, 0) is 29.1 Å². The van der Waals surface area contributed by atoms with Crippen LogP contribution in [0.4, 0.5) is 0 Å². The zero-order valence-corrected chi connectivity index (χ0v) is 16.8. The molecule has 5 heteroatoms. The Kier molecular flexibility index (Phi) is 8.85. The van der Waals surface area contributed by atoms with Crippen molar-refractivity contribution < 1.29 is 24.4 Å². The summed E-state index contributed by atoms with van der Waals surface area (Å²) in [5.74, 6) is 0.682. The number of hydrogen-bond acceptors (Lipinski definition) is 5. The van der Waals surface area contributed by atoms with Gasteiger partial charge in [0.25, 0.3) is 0 Å². The summed E-state index contributed by atoms with van der Waals surface area (Å²) >= 11 is 0. The molecule has 0 unspecified atom stereocenters. The van der Waals surface area contributed by atoms with Crippen molar-refractivity contribution in [2.45, 2.75) is 52.4 Å². The largest absolute Gasteiger partial charge is 0.507 e. The molecule has 0 atom stereocenters. The van der Waals surface area contributed by atoms with E-state index in [4.69, 9.17) is 14.2 Å². The molecule has 0 heterocycles. The third-order valence-electron chi connectivity index (χ3n) is 4.38. The molecule has 5 nitrogen and oxygen atoms in total. The topological polar surface area (TPSA) is 68.2 Å². The molecule has 0 aromatic heterocycles. The van der Waals surface area contributed by atoms with E-state index in [9.17, 15) is 10.2 Å². The van der Waals surface area contributed by atoms with Gasteiger partial charge in [0.1, 0.15) is 11.5 Å². The third kappa shape index (κ3) is 6.16. The molecule has 0 aliphatic rings. The number of aromatic hydroxyl groups is 1. The van der Waals surface area contributed by atoms with Gasteiger partial charge in [-0.2, -0.15) is 0 Å². The molecule has 0 radical (unpaired) electrons. The molecule has 2 N–H and O–H groups in total. The van der Waals surface area contributed by atoms with E-state index in [0.717, 1.165) is 6.42 Å². The van der Waals surface area contributed by atoms with Crippen LogP contribution in [0.25, 0.3) is 0 Å². The van der Waals surface area contributed by atoms with Crippen LogP contribution >= 0.6 is 0 Å². The van der Waals surface area contributed by atoms with Crippen LogP contribution in [-0.4, -0.2) is 37.1 Å². The smallest absolute Gasteiger partial charge is 0.128 e. The Balaban J connectivity index is 3.02. The third-order valence-corrected chi connectivity index (χ3v) is 4.38. The lowest BCUT2D eigenvalue weighted by atomic mass is 9.98. The van der Waals surface area contributed by atoms with Gasteiger partial charge in [-0.1, -0.05) is 23.8 Å². The van der Waals surface area contributed by atoms with Crippen molar-refractivity contribution in [2.24, 2.45) is 0 Å². The summed E-state index contributed by atoms with van der Waals surface area (Å²) in [7, 11) is 4.81. The number of ether oxygens (including phenoxy) is 3. The normalized spacial score (nSPS) is 12.8. The van der Waals surface area contributed by atoms with E-state index in [-0.39, 0.29) is 24.6 Å². The first-order chi connectivity index (χ1) is 12.3. The monoisotopic (exact) mass is 364 g/mol. The molecule has 0 spiro atoms. The molecule has 0 aliphatic heterocycles. The maximum Gasteiger partial charge on any atom is 0.128 e. The van der Waals surface area contributed by atoms with Gasteiger partial charge in [-0.3, -0.25) is 0 Å². The van der Waals surface area contributed by atoms with E-state index in [2.05, 4.69) is 12.2 Å². The summed E-state index contributed by atoms with van der Waals surface area (Å²) in [5, 5.41) is 20.2. The SMILES string of the molecule is COCc1c(CO)cc(OC)c(CC=C(C)CC=CC(C)(C)OC)c1O. The zero-order chi connectivity index (χ0) is 19.7. The second-order valence-electron chi connectivity index (χ2n) is 6.80. The van der Waals surface area contributed by atoms with Crippen molar-refractivity contribution in [1.82, 2.24) is 0 Å². The Morgan fingerprint density at radius 1 is 1.19 bits per heavy atom. The van der Waals surface area contributed by atoms with Gasteiger partial charge in [0.15, 0.2) is 0 Å². The molecule has 146 valence electrons. The first kappa shape index (κ1) is 22.2. The number of methoxy groups -OCH3 is 3. The highest BCUT2D eigenvalue weighted by molar-refractivity contribution is 5.54. The van der Waals surface area contributed by atoms with Crippen LogP contribution in [0.15, 0.2) is 29.9 Å². The van der Waals surface area contributed by atoms with E-state index >= 15 is 0 Å². The quantitative estimate of drug-likeness (QED) is 0.616. The van der Waals surface area contributed by atoms with Crippen LogP contribution < -0.4 is 4.74 Å². The summed E-state index contributed by atoms with van der Waals surface area (Å²) in [6.45, 7) is 6.11. The molecule has 0 saturated heterocycles. The van der Waals surface area contributed by atoms with Crippen LogP contribution in [0.3, 0.4) is 0 Å². The minimum absolute atomic E-state index is 0.121. The number of phenols is 1. The highest BCUT2D eigenvalue weighted by atomic mass is 16.5. The molecule has 1 aromatic carbocycles. The van der Waals surface area contributed by atoms with Crippen molar-refractivity contribution in [3.8, 4) is 11.5 Å². The first-order valence-corrected chi connectivity index (χ1v) is 8.68. The number of hydrogen-bond donors (Lipinski definition) is 2. The molecule has 0 saturated carbocycles. The number of allylic oxidation sites excluding steroid dienone is 3. The predicted molar refractivity (Wildman–Crippen MR) is 104 cm³/mol. The van der Waals surface area contributed by atoms with Gasteiger partial charge in [0.05, 0.1) is 25.9 Å². The minimum atomic E-state index is -0.281. The predicted octanol–water partition coefficient (Wildman–Crippen LogP) is 3.90. The van der Waals surface area contributed by atoms with Gasteiger partial charge in [-0.25, -0.2) is 0 Å². The summed E-state index contributed by atoms with van der Waals surface area (Å²) in [6, 6.07) is 1.76. The van der Waals surface area contributed by atoms with Crippen molar-refractivity contribution >= 4 is 0 Å². The van der Waals surface area contributed by atoms with Gasteiger partial charge >= 0.3 is 0 Å². The van der Waals surface area contributed by atoms with Crippen LogP contribution in [0.2, 0.25) is 0 Å². The molecule has 0 amide bonds. The summed E-state index contributed by atoms with van der Waals surface area (Å²) < 4.78 is 15.9. The van der Waals surface area contributed by atoms with Crippen molar-refractivity contribution in [2.75, 3.05) is 21.3 Å². The lowest BCUT2D eigenvalue weighted by Gasteiger charge is -2.17. The van der Waals surface area contributed by atoms with E-state index < -0.39 is 0 Å². The summed E-state index contributed by atoms with van der Waals surface area (Å²) in [6.07, 6.45) is 7.52. The molecule has 0 fully saturated rings. The van der Waals surface area contributed by atoms with Gasteiger partial charge in [0, 0.05) is 25.3 Å². The van der Waals surface area contributed by atoms with Crippen molar-refractivity contribution in [1.29, 1.82) is 0 Å².